The Bertz CT molecular complexity index is 930. The Morgan fingerprint density at radius 2 is 1.06 bits per heavy atom. The number of hydrogen-bond acceptors (Lipinski definition) is 6. The summed E-state index contributed by atoms with van der Waals surface area (Å²) in [5.74, 6) is 0. The highest BCUT2D eigenvalue weighted by atomic mass is 32.1. The monoisotopic (exact) mass is 494 g/mol. The molecule has 0 bridgehead atoms. The van der Waals surface area contributed by atoms with Gasteiger partial charge in [-0.05, 0) is 87.2 Å². The molecule has 2 aliphatic heterocycles. The van der Waals surface area contributed by atoms with Crippen LogP contribution < -0.4 is 10.9 Å². The number of aromatic nitrogens is 2. The Morgan fingerprint density at radius 3 is 1.41 bits per heavy atom. The Balaban J connectivity index is 1.64. The molecule has 0 amide bonds. The fourth-order valence-corrected chi connectivity index (χ4v) is 4.47. The predicted octanol–water partition coefficient (Wildman–Crippen LogP) is 3.31. The molecule has 0 atom stereocenters. The van der Waals surface area contributed by atoms with Gasteiger partial charge in [-0.2, -0.15) is 10.2 Å². The fourth-order valence-electron chi connectivity index (χ4n) is 4.01. The van der Waals surface area contributed by atoms with E-state index in [1.807, 2.05) is 36.4 Å². The van der Waals surface area contributed by atoms with Crippen molar-refractivity contribution in [3.8, 4) is 0 Å². The lowest BCUT2D eigenvalue weighted by molar-refractivity contribution is 0.338. The van der Waals surface area contributed by atoms with Gasteiger partial charge in [-0.25, -0.2) is 0 Å². The van der Waals surface area contributed by atoms with Gasteiger partial charge >= 0.3 is 0 Å². The average Bonchev–Trinajstić information content (AvgIpc) is 2.92. The third-order valence-electron chi connectivity index (χ3n) is 5.85. The van der Waals surface area contributed by atoms with E-state index < -0.39 is 0 Å². The first-order valence-electron chi connectivity index (χ1n) is 11.8. The predicted molar refractivity (Wildman–Crippen MR) is 144 cm³/mol. The van der Waals surface area contributed by atoms with Crippen LogP contribution in [0.15, 0.2) is 59.0 Å². The van der Waals surface area contributed by atoms with Crippen LogP contribution in [0.5, 0.6) is 0 Å². The molecule has 34 heavy (non-hydrogen) atoms. The van der Waals surface area contributed by atoms with Gasteiger partial charge < -0.3 is 9.80 Å². The van der Waals surface area contributed by atoms with Gasteiger partial charge in [-0.3, -0.25) is 20.8 Å². The van der Waals surface area contributed by atoms with Crippen molar-refractivity contribution >= 4 is 46.1 Å². The van der Waals surface area contributed by atoms with Crippen molar-refractivity contribution in [2.45, 2.75) is 38.5 Å². The van der Waals surface area contributed by atoms with Gasteiger partial charge in [0.1, 0.15) is 11.4 Å². The number of nitrogens with zero attached hydrogens (tertiary/aromatic N) is 6. The molecule has 0 unspecified atom stereocenters. The summed E-state index contributed by atoms with van der Waals surface area (Å²) in [6.07, 6.45) is 10.5. The molecule has 0 aliphatic carbocycles. The fraction of sp³-hybridized carbons (Fsp3) is 0.417. The summed E-state index contributed by atoms with van der Waals surface area (Å²) in [5, 5.41) is 10.6. The lowest BCUT2D eigenvalue weighted by Gasteiger charge is -2.28. The molecule has 2 fully saturated rings. The van der Waals surface area contributed by atoms with Crippen molar-refractivity contribution in [2.75, 3.05) is 26.2 Å². The highest BCUT2D eigenvalue weighted by Crippen LogP contribution is 2.11. The van der Waals surface area contributed by atoms with Crippen molar-refractivity contribution in [2.24, 2.45) is 10.2 Å². The van der Waals surface area contributed by atoms with Crippen molar-refractivity contribution < 1.29 is 0 Å². The molecule has 2 aromatic heterocycles. The molecule has 0 saturated carbocycles. The minimum absolute atomic E-state index is 0.535. The third-order valence-corrected chi connectivity index (χ3v) is 6.55. The molecule has 178 valence electrons. The van der Waals surface area contributed by atoms with Crippen LogP contribution in [-0.4, -0.2) is 67.6 Å². The molecule has 4 rings (SSSR count). The second-order valence-electron chi connectivity index (χ2n) is 8.28. The molecule has 2 aliphatic rings. The zero-order valence-corrected chi connectivity index (χ0v) is 20.8. The van der Waals surface area contributed by atoms with Crippen LogP contribution in [0.3, 0.4) is 0 Å². The van der Waals surface area contributed by atoms with Gasteiger partial charge in [0.05, 0.1) is 11.4 Å². The summed E-state index contributed by atoms with van der Waals surface area (Å²) in [5.41, 5.74) is 8.54. The second-order valence-corrected chi connectivity index (χ2v) is 9.05. The summed E-state index contributed by atoms with van der Waals surface area (Å²) in [6, 6.07) is 11.4. The van der Waals surface area contributed by atoms with Gasteiger partial charge in [-0.15, -0.1) is 0 Å². The number of piperidine rings is 2. The summed E-state index contributed by atoms with van der Waals surface area (Å²) in [7, 11) is 0. The highest BCUT2D eigenvalue weighted by molar-refractivity contribution is 7.80. The van der Waals surface area contributed by atoms with E-state index in [2.05, 4.69) is 40.8 Å². The minimum atomic E-state index is 0.535. The lowest BCUT2D eigenvalue weighted by atomic mass is 10.1. The molecule has 2 N–H and O–H groups in total. The van der Waals surface area contributed by atoms with Crippen molar-refractivity contribution in [3.63, 3.8) is 0 Å². The Morgan fingerprint density at radius 1 is 0.647 bits per heavy atom. The molecule has 10 heteroatoms. The zero-order chi connectivity index (χ0) is 23.6. The van der Waals surface area contributed by atoms with Crippen molar-refractivity contribution in [1.82, 2.24) is 30.6 Å². The summed E-state index contributed by atoms with van der Waals surface area (Å²) < 4.78 is 0. The summed E-state index contributed by atoms with van der Waals surface area (Å²) in [6.45, 7) is 3.75. The summed E-state index contributed by atoms with van der Waals surface area (Å²) >= 11 is 11.3. The van der Waals surface area contributed by atoms with Crippen LogP contribution in [-0.2, 0) is 0 Å². The molecule has 4 heterocycles. The molecular weight excluding hydrogens is 464 g/mol. The maximum absolute atomic E-state index is 5.63. The van der Waals surface area contributed by atoms with Crippen LogP contribution in [0.4, 0.5) is 0 Å². The maximum atomic E-state index is 5.63. The third kappa shape index (κ3) is 6.54. The van der Waals surface area contributed by atoms with Gasteiger partial charge in [0.15, 0.2) is 10.2 Å². The average molecular weight is 495 g/mol. The molecular formula is C24H30N8S2. The van der Waals surface area contributed by atoms with Gasteiger partial charge in [0.2, 0.25) is 0 Å². The van der Waals surface area contributed by atoms with Gasteiger partial charge in [0, 0.05) is 38.6 Å². The number of pyridine rings is 2. The Hall–Kier alpha value is -2.98. The highest BCUT2D eigenvalue weighted by Gasteiger charge is 2.20. The Labute approximate surface area is 211 Å². The number of likely N-dealkylation sites (tertiary alicyclic amines) is 2. The number of nitrogens with one attached hydrogen (secondary N) is 2. The quantitative estimate of drug-likeness (QED) is 0.372. The first-order chi connectivity index (χ1) is 16.7. The van der Waals surface area contributed by atoms with E-state index in [1.54, 1.807) is 12.4 Å². The normalized spacial score (nSPS) is 17.3. The molecule has 8 nitrogen and oxygen atoms in total. The molecule has 0 radical (unpaired) electrons. The van der Waals surface area contributed by atoms with Crippen LogP contribution in [0.2, 0.25) is 0 Å². The number of hydrazone groups is 2. The number of hydrogen-bond donors (Lipinski definition) is 2. The second kappa shape index (κ2) is 12.5. The first kappa shape index (κ1) is 24.2. The van der Waals surface area contributed by atoms with Crippen LogP contribution in [0.25, 0.3) is 0 Å². The summed E-state index contributed by atoms with van der Waals surface area (Å²) in [4.78, 5) is 13.4. The van der Waals surface area contributed by atoms with E-state index in [4.69, 9.17) is 24.4 Å². The molecule has 2 aromatic rings. The van der Waals surface area contributed by atoms with Crippen LogP contribution in [0, 0.1) is 0 Å². The largest absolute Gasteiger partial charge is 0.348 e. The van der Waals surface area contributed by atoms with E-state index in [9.17, 15) is 0 Å². The van der Waals surface area contributed by atoms with E-state index in [-0.39, 0.29) is 0 Å². The minimum Gasteiger partial charge on any atom is -0.348 e. The van der Waals surface area contributed by atoms with E-state index in [1.165, 1.54) is 12.8 Å². The standard InChI is InChI=1S/C24H30N8S2/c33-23(31-15-7-1-8-16-31)29-27-21(19-11-3-5-13-25-19)22(20-12-4-6-14-26-20)28-30-24(34)32-17-9-2-10-18-32/h3-6,11-14H,1-2,7-10,15-18H2,(H,29,33)(H,30,34)/b27-21-,28-22-. The van der Waals surface area contributed by atoms with Gasteiger partial charge in [0.25, 0.3) is 0 Å². The van der Waals surface area contributed by atoms with Crippen LogP contribution >= 0.6 is 24.4 Å². The number of thiocarbonyl (C=S) groups is 2. The SMILES string of the molecule is S=C(N/N=C(\C(=N/NC(=S)N1CCCCC1)c1ccccn1)c1ccccn1)N1CCCCC1. The first-order valence-corrected chi connectivity index (χ1v) is 12.6. The zero-order valence-electron chi connectivity index (χ0n) is 19.2. The maximum Gasteiger partial charge on any atom is 0.189 e. The smallest absolute Gasteiger partial charge is 0.189 e. The van der Waals surface area contributed by atoms with Crippen LogP contribution in [0.1, 0.15) is 49.9 Å². The van der Waals surface area contributed by atoms with E-state index in [0.717, 1.165) is 51.9 Å². The lowest BCUT2D eigenvalue weighted by Crippen LogP contribution is -2.42. The van der Waals surface area contributed by atoms with E-state index in [0.29, 0.717) is 33.0 Å². The number of rotatable bonds is 5. The molecule has 2 saturated heterocycles. The van der Waals surface area contributed by atoms with Crippen molar-refractivity contribution in [1.29, 1.82) is 0 Å². The van der Waals surface area contributed by atoms with Gasteiger partial charge in [-0.1, -0.05) is 12.1 Å². The molecule has 0 spiro atoms. The van der Waals surface area contributed by atoms with E-state index >= 15 is 0 Å². The topological polar surface area (TPSA) is 81.0 Å². The molecule has 0 aromatic carbocycles. The van der Waals surface area contributed by atoms with Crippen molar-refractivity contribution in [3.05, 3.63) is 60.2 Å². The Kier molecular flexibility index (Phi) is 8.86.